The molecule has 0 saturated carbocycles. The summed E-state index contributed by atoms with van der Waals surface area (Å²) in [5.41, 5.74) is 1.14. The van der Waals surface area contributed by atoms with Crippen LogP contribution in [0.2, 0.25) is 0 Å². The van der Waals surface area contributed by atoms with Gasteiger partial charge in [-0.25, -0.2) is 0 Å². The highest BCUT2D eigenvalue weighted by atomic mass is 32.2. The summed E-state index contributed by atoms with van der Waals surface area (Å²) in [4.78, 5) is 11.8. The van der Waals surface area contributed by atoms with E-state index in [0.29, 0.717) is 0 Å². The second-order valence-electron chi connectivity index (χ2n) is 3.91. The van der Waals surface area contributed by atoms with Crippen molar-refractivity contribution in [2.75, 3.05) is 11.6 Å². The first-order valence-electron chi connectivity index (χ1n) is 5.44. The van der Waals surface area contributed by atoms with Gasteiger partial charge in [0.15, 0.2) is 0 Å². The number of carbonyl (C=O) groups is 1. The van der Waals surface area contributed by atoms with Crippen LogP contribution in [-0.2, 0) is 4.79 Å². The highest BCUT2D eigenvalue weighted by molar-refractivity contribution is 7.99. The summed E-state index contributed by atoms with van der Waals surface area (Å²) >= 11 is 1.76. The van der Waals surface area contributed by atoms with Crippen LogP contribution >= 0.6 is 11.8 Å². The van der Waals surface area contributed by atoms with E-state index in [0.717, 1.165) is 17.2 Å². The Balaban J connectivity index is 1.92. The van der Waals surface area contributed by atoms with Crippen LogP contribution < -0.4 is 10.6 Å². The molecule has 1 aliphatic heterocycles. The summed E-state index contributed by atoms with van der Waals surface area (Å²) < 4.78 is 0. The second kappa shape index (κ2) is 5.37. The van der Waals surface area contributed by atoms with Gasteiger partial charge in [0.25, 0.3) is 0 Å². The van der Waals surface area contributed by atoms with E-state index in [1.807, 2.05) is 37.3 Å². The Morgan fingerprint density at radius 2 is 2.25 bits per heavy atom. The fourth-order valence-electron chi connectivity index (χ4n) is 1.70. The number of nitrogens with one attached hydrogen (secondary N) is 2. The molecule has 0 bridgehead atoms. The molecule has 0 aromatic heterocycles. The van der Waals surface area contributed by atoms with Crippen LogP contribution in [0.3, 0.4) is 0 Å². The zero-order valence-electron chi connectivity index (χ0n) is 9.27. The van der Waals surface area contributed by atoms with Crippen molar-refractivity contribution >= 4 is 17.7 Å². The fraction of sp³-hybridized carbons (Fsp3) is 0.417. The van der Waals surface area contributed by atoms with Gasteiger partial charge in [-0.3, -0.25) is 10.1 Å². The van der Waals surface area contributed by atoms with Crippen LogP contribution in [0, 0.1) is 0 Å². The smallest absolute Gasteiger partial charge is 0.238 e. The maximum Gasteiger partial charge on any atom is 0.238 e. The molecule has 0 spiro atoms. The van der Waals surface area contributed by atoms with E-state index < -0.39 is 0 Å². The molecule has 2 N–H and O–H groups in total. The predicted octanol–water partition coefficient (Wildman–Crippen LogP) is 1.53. The lowest BCUT2D eigenvalue weighted by atomic mass is 10.1. The second-order valence-corrected chi connectivity index (χ2v) is 4.94. The maximum absolute atomic E-state index is 11.8. The molecule has 1 aliphatic rings. The molecule has 2 atom stereocenters. The topological polar surface area (TPSA) is 41.1 Å². The minimum absolute atomic E-state index is 0.0313. The van der Waals surface area contributed by atoms with Gasteiger partial charge >= 0.3 is 0 Å². The van der Waals surface area contributed by atoms with Crippen molar-refractivity contribution in [1.82, 2.24) is 10.6 Å². The summed E-state index contributed by atoms with van der Waals surface area (Å²) in [6.45, 7) is 2.01. The van der Waals surface area contributed by atoms with Crippen LogP contribution in [0.25, 0.3) is 0 Å². The Morgan fingerprint density at radius 1 is 1.50 bits per heavy atom. The average molecular weight is 236 g/mol. The molecule has 16 heavy (non-hydrogen) atoms. The number of benzene rings is 1. The lowest BCUT2D eigenvalue weighted by Gasteiger charge is -2.17. The third kappa shape index (κ3) is 2.77. The van der Waals surface area contributed by atoms with Crippen LogP contribution in [0.4, 0.5) is 0 Å². The van der Waals surface area contributed by atoms with Crippen LogP contribution in [-0.4, -0.2) is 23.6 Å². The lowest BCUT2D eigenvalue weighted by Crippen LogP contribution is -2.42. The Morgan fingerprint density at radius 3 is 2.88 bits per heavy atom. The highest BCUT2D eigenvalue weighted by Crippen LogP contribution is 2.14. The Bertz CT molecular complexity index is 349. The van der Waals surface area contributed by atoms with Gasteiger partial charge < -0.3 is 5.32 Å². The number of amides is 1. The Labute approximate surface area is 100.0 Å². The molecule has 3 nitrogen and oxygen atoms in total. The van der Waals surface area contributed by atoms with E-state index >= 15 is 0 Å². The van der Waals surface area contributed by atoms with E-state index in [9.17, 15) is 4.79 Å². The van der Waals surface area contributed by atoms with Gasteiger partial charge in [0.05, 0.1) is 12.1 Å². The number of hydrogen-bond donors (Lipinski definition) is 2. The minimum Gasteiger partial charge on any atom is -0.348 e. The van der Waals surface area contributed by atoms with Crippen molar-refractivity contribution in [2.45, 2.75) is 19.0 Å². The molecule has 1 aromatic carbocycles. The zero-order chi connectivity index (χ0) is 11.4. The first kappa shape index (κ1) is 11.5. The molecule has 1 amide bonds. The van der Waals surface area contributed by atoms with Gasteiger partial charge in [-0.1, -0.05) is 30.3 Å². The minimum atomic E-state index is -0.0313. The molecule has 1 fully saturated rings. The van der Waals surface area contributed by atoms with Crippen molar-refractivity contribution in [2.24, 2.45) is 0 Å². The first-order chi connectivity index (χ1) is 7.77. The number of carbonyl (C=O) groups excluding carboxylic acids is 1. The molecule has 1 aromatic rings. The molecule has 1 saturated heterocycles. The predicted molar refractivity (Wildman–Crippen MR) is 67.2 cm³/mol. The van der Waals surface area contributed by atoms with Crippen LogP contribution in [0.5, 0.6) is 0 Å². The lowest BCUT2D eigenvalue weighted by molar-refractivity contribution is -0.123. The van der Waals surface area contributed by atoms with Gasteiger partial charge in [0.1, 0.15) is 0 Å². The SMILES string of the molecule is CC(NC(=O)[C@@H]1CSCN1)c1ccccc1. The highest BCUT2D eigenvalue weighted by Gasteiger charge is 2.23. The number of rotatable bonds is 3. The van der Waals surface area contributed by atoms with Crippen molar-refractivity contribution in [3.63, 3.8) is 0 Å². The molecule has 86 valence electrons. The van der Waals surface area contributed by atoms with Gasteiger partial charge in [0.2, 0.25) is 5.91 Å². The molecule has 1 unspecified atom stereocenters. The quantitative estimate of drug-likeness (QED) is 0.836. The third-order valence-corrected chi connectivity index (χ3v) is 3.63. The van der Waals surface area contributed by atoms with Crippen molar-refractivity contribution in [3.05, 3.63) is 35.9 Å². The Hall–Kier alpha value is -1.00. The van der Waals surface area contributed by atoms with E-state index in [4.69, 9.17) is 0 Å². The zero-order valence-corrected chi connectivity index (χ0v) is 10.1. The van der Waals surface area contributed by atoms with Gasteiger partial charge in [-0.15, -0.1) is 11.8 Å². The molecule has 4 heteroatoms. The monoisotopic (exact) mass is 236 g/mol. The first-order valence-corrected chi connectivity index (χ1v) is 6.59. The average Bonchev–Trinajstić information content (AvgIpc) is 2.83. The van der Waals surface area contributed by atoms with Gasteiger partial charge in [0, 0.05) is 11.6 Å². The summed E-state index contributed by atoms with van der Waals surface area (Å²) in [5, 5.41) is 6.19. The normalized spacial score (nSPS) is 21.7. The summed E-state index contributed by atoms with van der Waals surface area (Å²) in [5.74, 6) is 1.84. The van der Waals surface area contributed by atoms with E-state index in [2.05, 4.69) is 10.6 Å². The van der Waals surface area contributed by atoms with E-state index in [1.165, 1.54) is 0 Å². The van der Waals surface area contributed by atoms with Crippen LogP contribution in [0.15, 0.2) is 30.3 Å². The summed E-state index contributed by atoms with van der Waals surface area (Å²) in [7, 11) is 0. The molecular formula is C12H16N2OS. The molecule has 0 radical (unpaired) electrons. The number of hydrogen-bond acceptors (Lipinski definition) is 3. The molecule has 0 aliphatic carbocycles. The summed E-state index contributed by atoms with van der Waals surface area (Å²) in [6.07, 6.45) is 0. The fourth-order valence-corrected chi connectivity index (χ4v) is 2.64. The van der Waals surface area contributed by atoms with Crippen LogP contribution in [0.1, 0.15) is 18.5 Å². The molecule has 1 heterocycles. The van der Waals surface area contributed by atoms with Crippen molar-refractivity contribution in [1.29, 1.82) is 0 Å². The van der Waals surface area contributed by atoms with Crippen molar-refractivity contribution in [3.8, 4) is 0 Å². The molecule has 2 rings (SSSR count). The van der Waals surface area contributed by atoms with Gasteiger partial charge in [-0.2, -0.15) is 0 Å². The standard InChI is InChI=1S/C12H16N2OS/c1-9(10-5-3-2-4-6-10)14-12(15)11-7-16-8-13-11/h2-6,9,11,13H,7-8H2,1H3,(H,14,15)/t9?,11-/m0/s1. The van der Waals surface area contributed by atoms with Gasteiger partial charge in [-0.05, 0) is 12.5 Å². The van der Waals surface area contributed by atoms with Crippen molar-refractivity contribution < 1.29 is 4.79 Å². The maximum atomic E-state index is 11.8. The van der Waals surface area contributed by atoms with E-state index in [-0.39, 0.29) is 18.0 Å². The third-order valence-electron chi connectivity index (χ3n) is 2.69. The molecular weight excluding hydrogens is 220 g/mol. The summed E-state index contributed by atoms with van der Waals surface area (Å²) in [6, 6.07) is 10.1. The Kier molecular flexibility index (Phi) is 3.85. The number of thioether (sulfide) groups is 1. The largest absolute Gasteiger partial charge is 0.348 e. The van der Waals surface area contributed by atoms with E-state index in [1.54, 1.807) is 11.8 Å².